The minimum atomic E-state index is -0.594. The highest BCUT2D eigenvalue weighted by Gasteiger charge is 2.33. The van der Waals surface area contributed by atoms with Gasteiger partial charge in [0, 0.05) is 49.0 Å². The first kappa shape index (κ1) is 23.7. The molecule has 0 bridgehead atoms. The predicted molar refractivity (Wildman–Crippen MR) is 140 cm³/mol. The second-order valence-corrected chi connectivity index (χ2v) is 10.2. The van der Waals surface area contributed by atoms with Crippen molar-refractivity contribution in [2.75, 3.05) is 33.2 Å². The fourth-order valence-electron chi connectivity index (χ4n) is 5.35. The first-order chi connectivity index (χ1) is 17.0. The van der Waals surface area contributed by atoms with E-state index < -0.39 is 5.60 Å². The molecule has 0 unspecified atom stereocenters. The Hall–Kier alpha value is -3.00. The first-order valence-corrected chi connectivity index (χ1v) is 12.6. The van der Waals surface area contributed by atoms with Gasteiger partial charge in [0.2, 0.25) is 0 Å². The summed E-state index contributed by atoms with van der Waals surface area (Å²) < 4.78 is 1.93. The molecule has 0 aliphatic carbocycles. The van der Waals surface area contributed by atoms with Crippen molar-refractivity contribution in [2.45, 2.75) is 44.8 Å². The van der Waals surface area contributed by atoms with Gasteiger partial charge >= 0.3 is 0 Å². The van der Waals surface area contributed by atoms with Crippen molar-refractivity contribution < 1.29 is 5.11 Å². The van der Waals surface area contributed by atoms with Crippen LogP contribution in [0.3, 0.4) is 0 Å². The van der Waals surface area contributed by atoms with Crippen molar-refractivity contribution in [3.63, 3.8) is 0 Å². The quantitative estimate of drug-likeness (QED) is 0.386. The second kappa shape index (κ2) is 10.3. The molecule has 0 saturated carbocycles. The highest BCUT2D eigenvalue weighted by Crippen LogP contribution is 2.26. The van der Waals surface area contributed by atoms with Gasteiger partial charge in [-0.15, -0.1) is 10.2 Å². The molecular weight excluding hydrogens is 436 g/mol. The van der Waals surface area contributed by atoms with Crippen LogP contribution in [0.5, 0.6) is 0 Å². The molecule has 0 atom stereocenters. The molecular formula is C28H36N6O. The fraction of sp³-hybridized carbons (Fsp3) is 0.429. The molecule has 1 aliphatic heterocycles. The van der Waals surface area contributed by atoms with Crippen LogP contribution in [0.1, 0.15) is 36.0 Å². The smallest absolute Gasteiger partial charge is 0.123 e. The normalized spacial score (nSPS) is 16.3. The van der Waals surface area contributed by atoms with Crippen LogP contribution in [0.4, 0.5) is 0 Å². The number of fused-ring (bicyclic) bond motifs is 1. The summed E-state index contributed by atoms with van der Waals surface area (Å²) in [5.74, 6) is 0. The summed E-state index contributed by atoms with van der Waals surface area (Å²) in [7, 11) is 2.12. The predicted octanol–water partition coefficient (Wildman–Crippen LogP) is 3.95. The third-order valence-corrected chi connectivity index (χ3v) is 7.44. The Kier molecular flexibility index (Phi) is 7.00. The van der Waals surface area contributed by atoms with Crippen molar-refractivity contribution >= 4 is 10.9 Å². The van der Waals surface area contributed by atoms with Crippen LogP contribution in [0.25, 0.3) is 16.6 Å². The molecule has 1 fully saturated rings. The Labute approximate surface area is 207 Å². The van der Waals surface area contributed by atoms with E-state index in [1.54, 1.807) is 12.7 Å². The Morgan fingerprint density at radius 2 is 1.83 bits per heavy atom. The number of aliphatic hydroxyl groups is 1. The molecule has 0 amide bonds. The number of piperidine rings is 1. The summed E-state index contributed by atoms with van der Waals surface area (Å²) in [6.07, 6.45) is 9.40. The molecule has 4 aromatic rings. The van der Waals surface area contributed by atoms with Crippen molar-refractivity contribution in [2.24, 2.45) is 0 Å². The maximum atomic E-state index is 11.2. The average molecular weight is 473 g/mol. The Balaban J connectivity index is 1.10. The van der Waals surface area contributed by atoms with Gasteiger partial charge in [-0.1, -0.05) is 24.3 Å². The van der Waals surface area contributed by atoms with Crippen LogP contribution in [-0.2, 0) is 13.0 Å². The number of hydrogen-bond acceptors (Lipinski definition) is 5. The Morgan fingerprint density at radius 3 is 2.60 bits per heavy atom. The second-order valence-electron chi connectivity index (χ2n) is 10.2. The zero-order valence-electron chi connectivity index (χ0n) is 20.8. The molecule has 2 aromatic heterocycles. The van der Waals surface area contributed by atoms with Crippen molar-refractivity contribution in [3.8, 4) is 5.69 Å². The van der Waals surface area contributed by atoms with Gasteiger partial charge in [0.15, 0.2) is 0 Å². The maximum Gasteiger partial charge on any atom is 0.123 e. The lowest BCUT2D eigenvalue weighted by Crippen LogP contribution is -2.50. The van der Waals surface area contributed by atoms with E-state index in [-0.39, 0.29) is 0 Å². The van der Waals surface area contributed by atoms with Crippen molar-refractivity contribution in [1.29, 1.82) is 0 Å². The summed E-state index contributed by atoms with van der Waals surface area (Å²) in [5.41, 5.74) is 5.64. The third kappa shape index (κ3) is 5.64. The van der Waals surface area contributed by atoms with Gasteiger partial charge in [-0.3, -0.25) is 9.47 Å². The number of hydrogen-bond donors (Lipinski definition) is 2. The lowest BCUT2D eigenvalue weighted by molar-refractivity contribution is -0.0424. The molecule has 7 nitrogen and oxygen atoms in total. The number of H-pyrrole nitrogens is 1. The molecule has 2 N–H and O–H groups in total. The third-order valence-electron chi connectivity index (χ3n) is 7.44. The molecule has 35 heavy (non-hydrogen) atoms. The first-order valence-electron chi connectivity index (χ1n) is 12.6. The topological polar surface area (TPSA) is 73.2 Å². The van der Waals surface area contributed by atoms with Gasteiger partial charge in [-0.25, -0.2) is 0 Å². The number of aromatic nitrogens is 4. The summed E-state index contributed by atoms with van der Waals surface area (Å²) in [6.45, 7) is 6.73. The maximum absolute atomic E-state index is 11.2. The van der Waals surface area contributed by atoms with Crippen molar-refractivity contribution in [3.05, 3.63) is 78.0 Å². The Morgan fingerprint density at radius 1 is 1.06 bits per heavy atom. The number of nitrogens with one attached hydrogen (secondary N) is 1. The zero-order chi connectivity index (χ0) is 24.3. The van der Waals surface area contributed by atoms with Gasteiger partial charge in [0.25, 0.3) is 0 Å². The van der Waals surface area contributed by atoms with Crippen LogP contribution in [0, 0.1) is 6.92 Å². The van der Waals surface area contributed by atoms with Crippen molar-refractivity contribution in [1.82, 2.24) is 29.5 Å². The number of benzene rings is 2. The number of nitrogens with zero attached hydrogens (tertiary/aromatic N) is 5. The number of likely N-dealkylation sites (tertiary alicyclic amines) is 1. The molecule has 1 saturated heterocycles. The molecule has 184 valence electrons. The van der Waals surface area contributed by atoms with Gasteiger partial charge < -0.3 is 15.0 Å². The lowest BCUT2D eigenvalue weighted by Gasteiger charge is -2.40. The molecule has 5 rings (SSSR count). The largest absolute Gasteiger partial charge is 0.388 e. The van der Waals surface area contributed by atoms with E-state index in [4.69, 9.17) is 0 Å². The monoisotopic (exact) mass is 472 g/mol. The van der Waals surface area contributed by atoms with Crippen LogP contribution < -0.4 is 0 Å². The standard InChI is InChI=1S/C28H36N6O/c1-22-6-3-4-7-24(22)18-32(2)19-28(35)11-14-33(15-12-28)13-5-8-23-17-29-27-10-9-25(16-26(23)27)34-20-30-31-21-34/h3-4,6-7,9-10,16-17,20-21,29,35H,5,8,11-15,18-19H2,1-2H3. The highest BCUT2D eigenvalue weighted by atomic mass is 16.3. The fourth-order valence-corrected chi connectivity index (χ4v) is 5.35. The highest BCUT2D eigenvalue weighted by molar-refractivity contribution is 5.85. The van der Waals surface area contributed by atoms with E-state index in [9.17, 15) is 5.11 Å². The zero-order valence-corrected chi connectivity index (χ0v) is 20.8. The molecule has 1 aliphatic rings. The molecule has 3 heterocycles. The number of aryl methyl sites for hydroxylation is 2. The van der Waals surface area contributed by atoms with Gasteiger partial charge in [-0.2, -0.15) is 0 Å². The van der Waals surface area contributed by atoms with Crippen LogP contribution >= 0.6 is 0 Å². The summed E-state index contributed by atoms with van der Waals surface area (Å²) >= 11 is 0. The van der Waals surface area contributed by atoms with Crippen LogP contribution in [0.15, 0.2) is 61.3 Å². The minimum absolute atomic E-state index is 0.594. The van der Waals surface area contributed by atoms with E-state index >= 15 is 0 Å². The molecule has 0 radical (unpaired) electrons. The van der Waals surface area contributed by atoms with Gasteiger partial charge in [0.05, 0.1) is 5.60 Å². The lowest BCUT2D eigenvalue weighted by atomic mass is 9.90. The van der Waals surface area contributed by atoms with Gasteiger partial charge in [0.1, 0.15) is 12.7 Å². The van der Waals surface area contributed by atoms with E-state index in [0.29, 0.717) is 0 Å². The summed E-state index contributed by atoms with van der Waals surface area (Å²) in [4.78, 5) is 8.18. The summed E-state index contributed by atoms with van der Waals surface area (Å²) in [5, 5.41) is 20.3. The number of likely N-dealkylation sites (N-methyl/N-ethyl adjacent to an activating group) is 1. The number of aromatic amines is 1. The van der Waals surface area contributed by atoms with E-state index in [1.165, 1.54) is 22.1 Å². The van der Waals surface area contributed by atoms with Gasteiger partial charge in [-0.05, 0) is 81.1 Å². The van der Waals surface area contributed by atoms with E-state index in [1.807, 2.05) is 4.57 Å². The van der Waals surface area contributed by atoms with Crippen LogP contribution in [0.2, 0.25) is 0 Å². The SMILES string of the molecule is Cc1ccccc1CN(C)CC1(O)CCN(CCCc2c[nH]c3ccc(-n4cnnc4)cc23)CC1. The molecule has 7 heteroatoms. The Bertz CT molecular complexity index is 1240. The molecule has 0 spiro atoms. The van der Waals surface area contributed by atoms with E-state index in [2.05, 4.69) is 87.6 Å². The van der Waals surface area contributed by atoms with Crippen LogP contribution in [-0.4, -0.2) is 73.5 Å². The minimum Gasteiger partial charge on any atom is -0.388 e. The summed E-state index contributed by atoms with van der Waals surface area (Å²) in [6, 6.07) is 14.9. The molecule has 2 aromatic carbocycles. The average Bonchev–Trinajstić information content (AvgIpc) is 3.52. The van der Waals surface area contributed by atoms with E-state index in [0.717, 1.165) is 69.6 Å². The number of rotatable bonds is 9.